The number of piperidine rings is 1. The molecule has 162 valence electrons. The van der Waals surface area contributed by atoms with Crippen LogP contribution < -0.4 is 10.4 Å². The summed E-state index contributed by atoms with van der Waals surface area (Å²) < 4.78 is 18.1. The van der Waals surface area contributed by atoms with Gasteiger partial charge in [-0.15, -0.1) is 9.32 Å². The number of nitrogens with zero attached hydrogens (tertiary/aromatic N) is 2. The molecule has 2 heterocycles. The Kier molecular flexibility index (Phi) is 7.62. The summed E-state index contributed by atoms with van der Waals surface area (Å²) in [5, 5.41) is 0. The fraction of sp³-hybridized carbons (Fsp3) is 0.478. The van der Waals surface area contributed by atoms with Crippen molar-refractivity contribution in [2.24, 2.45) is 0 Å². The first-order valence-corrected chi connectivity index (χ1v) is 11.6. The van der Waals surface area contributed by atoms with E-state index in [1.165, 1.54) is 47.3 Å². The maximum Gasteiger partial charge on any atom is 0.123 e. The van der Waals surface area contributed by atoms with Crippen molar-refractivity contribution >= 4 is 17.7 Å². The lowest BCUT2D eigenvalue weighted by atomic mass is 10.0. The lowest BCUT2D eigenvalue weighted by molar-refractivity contribution is -0.238. The van der Waals surface area contributed by atoms with Gasteiger partial charge in [0.15, 0.2) is 0 Å². The zero-order valence-corrected chi connectivity index (χ0v) is 18.3. The third-order valence-corrected chi connectivity index (χ3v) is 6.72. The monoisotopic (exact) mass is 431 g/mol. The van der Waals surface area contributed by atoms with E-state index in [4.69, 9.17) is 9.32 Å². The Morgan fingerprint density at radius 3 is 2.60 bits per heavy atom. The molecule has 0 atom stereocenters. The smallest absolute Gasteiger partial charge is 0.123 e. The highest BCUT2D eigenvalue weighted by molar-refractivity contribution is 7.93. The van der Waals surface area contributed by atoms with E-state index in [0.29, 0.717) is 6.04 Å². The summed E-state index contributed by atoms with van der Waals surface area (Å²) in [5.41, 5.74) is 7.81. The number of rotatable bonds is 9. The van der Waals surface area contributed by atoms with Gasteiger partial charge in [0.2, 0.25) is 0 Å². The van der Waals surface area contributed by atoms with E-state index in [-0.39, 0.29) is 5.82 Å². The van der Waals surface area contributed by atoms with E-state index < -0.39 is 0 Å². The second-order valence-electron chi connectivity index (χ2n) is 7.97. The molecular formula is C23H30FN3O2S. The van der Waals surface area contributed by atoms with Gasteiger partial charge in [-0.2, -0.15) is 5.48 Å². The second-order valence-corrected chi connectivity index (χ2v) is 8.63. The average molecular weight is 432 g/mol. The highest BCUT2D eigenvalue weighted by Crippen LogP contribution is 2.34. The Morgan fingerprint density at radius 2 is 1.83 bits per heavy atom. The van der Waals surface area contributed by atoms with Gasteiger partial charge in [0.05, 0.1) is 0 Å². The molecular weight excluding hydrogens is 401 g/mol. The minimum Gasteiger partial charge on any atom is -0.368 e. The maximum absolute atomic E-state index is 13.1. The maximum atomic E-state index is 13.1. The first-order chi connectivity index (χ1) is 14.7. The number of fused-ring (bicyclic) bond motifs is 1. The molecule has 5 nitrogen and oxygen atoms in total. The molecule has 0 amide bonds. The molecule has 30 heavy (non-hydrogen) atoms. The Morgan fingerprint density at radius 1 is 1.07 bits per heavy atom. The van der Waals surface area contributed by atoms with E-state index in [1.54, 1.807) is 19.2 Å². The van der Waals surface area contributed by atoms with E-state index >= 15 is 0 Å². The van der Waals surface area contributed by atoms with Gasteiger partial charge in [0.1, 0.15) is 5.82 Å². The second kappa shape index (κ2) is 10.6. The van der Waals surface area contributed by atoms with Gasteiger partial charge in [-0.25, -0.2) is 4.39 Å². The van der Waals surface area contributed by atoms with Gasteiger partial charge in [-0.05, 0) is 60.6 Å². The Labute approximate surface area is 182 Å². The average Bonchev–Trinajstić information content (AvgIpc) is 3.20. The summed E-state index contributed by atoms with van der Waals surface area (Å²) in [7, 11) is 1.67. The summed E-state index contributed by atoms with van der Waals surface area (Å²) in [5.74, 6) is 0.594. The fourth-order valence-electron chi connectivity index (χ4n) is 4.46. The molecule has 1 saturated heterocycles. The molecule has 0 aliphatic carbocycles. The number of nitrogens with one attached hydrogen (secondary N) is 1. The molecule has 2 aromatic rings. The molecule has 0 saturated carbocycles. The molecule has 0 spiro atoms. The number of likely N-dealkylation sites (tertiary alicyclic amines) is 1. The lowest BCUT2D eigenvalue weighted by Gasteiger charge is -2.38. The van der Waals surface area contributed by atoms with E-state index in [2.05, 4.69) is 33.5 Å². The van der Waals surface area contributed by atoms with Crippen LogP contribution in [0.2, 0.25) is 0 Å². The molecule has 4 rings (SSSR count). The number of hydrogen-bond donors (Lipinski definition) is 1. The Hall–Kier alpha value is -1.64. The van der Waals surface area contributed by atoms with Crippen molar-refractivity contribution in [2.75, 3.05) is 38.1 Å². The van der Waals surface area contributed by atoms with Crippen LogP contribution in [0.1, 0.15) is 29.5 Å². The normalized spacial score (nSPS) is 17.5. The van der Waals surface area contributed by atoms with E-state index in [0.717, 1.165) is 44.8 Å². The zero-order valence-electron chi connectivity index (χ0n) is 17.5. The third kappa shape index (κ3) is 5.53. The van der Waals surface area contributed by atoms with Gasteiger partial charge in [-0.1, -0.05) is 24.3 Å². The minimum atomic E-state index is -0.161. The molecule has 2 aliphatic heterocycles. The standard InChI is InChI=1S/C23H30FN3O2S/c1-25-28-29-30-17-19-2-5-20-9-15-27(23(20)16-19)22-10-13-26(14-11-22)12-8-18-3-6-21(24)7-4-18/h2-7,16,22,25H,8-15,17H2,1H3. The van der Waals surface area contributed by atoms with Gasteiger partial charge in [0, 0.05) is 62.8 Å². The number of benzene rings is 2. The molecule has 0 aromatic heterocycles. The summed E-state index contributed by atoms with van der Waals surface area (Å²) in [6.07, 6.45) is 4.51. The predicted octanol–water partition coefficient (Wildman–Crippen LogP) is 4.13. The molecule has 0 bridgehead atoms. The van der Waals surface area contributed by atoms with Gasteiger partial charge in [-0.3, -0.25) is 0 Å². The van der Waals surface area contributed by atoms with Crippen LogP contribution in [0.3, 0.4) is 0 Å². The molecule has 7 heteroatoms. The number of hydroxylamine groups is 1. The van der Waals surface area contributed by atoms with Gasteiger partial charge < -0.3 is 9.80 Å². The fourth-order valence-corrected chi connectivity index (χ4v) is 4.94. The van der Waals surface area contributed by atoms with Crippen LogP contribution in [0.25, 0.3) is 0 Å². The van der Waals surface area contributed by atoms with E-state index in [9.17, 15) is 4.39 Å². The van der Waals surface area contributed by atoms with Crippen LogP contribution in [-0.2, 0) is 27.9 Å². The zero-order chi connectivity index (χ0) is 20.8. The molecule has 0 unspecified atom stereocenters. The molecule has 2 aliphatic rings. The van der Waals surface area contributed by atoms with Crippen LogP contribution >= 0.6 is 12.0 Å². The topological polar surface area (TPSA) is 37.0 Å². The highest BCUT2D eigenvalue weighted by atomic mass is 32.2. The predicted molar refractivity (Wildman–Crippen MR) is 120 cm³/mol. The Bertz CT molecular complexity index is 813. The SMILES string of the molecule is CNOOSCc1ccc2c(c1)N(C1CCN(CCc3ccc(F)cc3)CC1)CC2. The quantitative estimate of drug-likeness (QED) is 0.279. The Balaban J connectivity index is 1.27. The third-order valence-electron chi connectivity index (χ3n) is 6.10. The van der Waals surface area contributed by atoms with E-state index in [1.807, 2.05) is 12.1 Å². The van der Waals surface area contributed by atoms with Crippen molar-refractivity contribution in [3.05, 3.63) is 65.0 Å². The van der Waals surface area contributed by atoms with Crippen molar-refractivity contribution in [3.8, 4) is 0 Å². The molecule has 1 fully saturated rings. The minimum absolute atomic E-state index is 0.161. The molecule has 0 radical (unpaired) electrons. The van der Waals surface area contributed by atoms with Crippen LogP contribution in [-0.4, -0.2) is 44.2 Å². The van der Waals surface area contributed by atoms with Gasteiger partial charge >= 0.3 is 0 Å². The highest BCUT2D eigenvalue weighted by Gasteiger charge is 2.29. The first kappa shape index (κ1) is 21.6. The summed E-state index contributed by atoms with van der Waals surface area (Å²) in [6, 6.07) is 14.3. The number of anilines is 1. The van der Waals surface area contributed by atoms with Crippen molar-refractivity contribution in [2.45, 2.75) is 37.5 Å². The summed E-state index contributed by atoms with van der Waals surface area (Å²) >= 11 is 1.29. The molecule has 2 aromatic carbocycles. The largest absolute Gasteiger partial charge is 0.368 e. The lowest BCUT2D eigenvalue weighted by Crippen LogP contribution is -2.45. The first-order valence-electron chi connectivity index (χ1n) is 10.7. The van der Waals surface area contributed by atoms with Crippen molar-refractivity contribution in [3.63, 3.8) is 0 Å². The van der Waals surface area contributed by atoms with Crippen molar-refractivity contribution in [1.82, 2.24) is 10.4 Å². The number of hydrogen-bond acceptors (Lipinski definition) is 6. The summed E-state index contributed by atoms with van der Waals surface area (Å²) in [4.78, 5) is 9.87. The summed E-state index contributed by atoms with van der Waals surface area (Å²) in [6.45, 7) is 4.42. The van der Waals surface area contributed by atoms with Gasteiger partial charge in [0.25, 0.3) is 0 Å². The van der Waals surface area contributed by atoms with Crippen molar-refractivity contribution in [1.29, 1.82) is 0 Å². The van der Waals surface area contributed by atoms with Crippen LogP contribution in [0, 0.1) is 5.82 Å². The van der Waals surface area contributed by atoms with Crippen molar-refractivity contribution < 1.29 is 13.7 Å². The van der Waals surface area contributed by atoms with Crippen LogP contribution in [0.15, 0.2) is 42.5 Å². The van der Waals surface area contributed by atoms with Crippen LogP contribution in [0.4, 0.5) is 10.1 Å². The van der Waals surface area contributed by atoms with Crippen LogP contribution in [0.5, 0.6) is 0 Å². The molecule has 1 N–H and O–H groups in total. The number of halogens is 1.